The van der Waals surface area contributed by atoms with Gasteiger partial charge < -0.3 is 5.11 Å². The van der Waals surface area contributed by atoms with Crippen molar-refractivity contribution in [2.24, 2.45) is 0 Å². The Balaban J connectivity index is 3.21. The Morgan fingerprint density at radius 3 is 2.36 bits per heavy atom. The van der Waals surface area contributed by atoms with Crippen molar-refractivity contribution in [1.29, 1.82) is 0 Å². The van der Waals surface area contributed by atoms with Crippen LogP contribution in [0, 0.1) is 3.70 Å². The van der Waals surface area contributed by atoms with Crippen molar-refractivity contribution in [3.63, 3.8) is 0 Å². The lowest BCUT2D eigenvalue weighted by molar-refractivity contribution is -0.138. The van der Waals surface area contributed by atoms with E-state index >= 15 is 0 Å². The van der Waals surface area contributed by atoms with E-state index in [2.05, 4.69) is 4.98 Å². The topological polar surface area (TPSA) is 50.2 Å². The first-order valence-electron chi connectivity index (χ1n) is 3.29. The SMILES string of the molecule is O=C(O)c1ccc(C(F)(F)F)c(I)n1. The van der Waals surface area contributed by atoms with Gasteiger partial charge in [0, 0.05) is 0 Å². The van der Waals surface area contributed by atoms with Gasteiger partial charge in [0.25, 0.3) is 0 Å². The third-order valence-corrected chi connectivity index (χ3v) is 2.20. The molecule has 0 atom stereocenters. The Hall–Kier alpha value is -0.860. The summed E-state index contributed by atoms with van der Waals surface area (Å²) >= 11 is 1.35. The molecule has 0 fully saturated rings. The molecule has 0 saturated heterocycles. The second kappa shape index (κ2) is 3.71. The van der Waals surface area contributed by atoms with Crippen LogP contribution in [0.2, 0.25) is 0 Å². The molecule has 1 aromatic rings. The summed E-state index contributed by atoms with van der Waals surface area (Å²) in [5, 5.41) is 8.46. The van der Waals surface area contributed by atoms with Crippen molar-refractivity contribution in [3.05, 3.63) is 27.1 Å². The average Bonchev–Trinajstić information content (AvgIpc) is 2.01. The molecule has 0 aliphatic rings. The van der Waals surface area contributed by atoms with Gasteiger partial charge in [-0.1, -0.05) is 0 Å². The molecule has 7 heteroatoms. The first-order valence-corrected chi connectivity index (χ1v) is 4.37. The summed E-state index contributed by atoms with van der Waals surface area (Å²) in [4.78, 5) is 13.7. The molecule has 0 aliphatic carbocycles. The van der Waals surface area contributed by atoms with Crippen LogP contribution in [-0.2, 0) is 6.18 Å². The number of alkyl halides is 3. The first kappa shape index (κ1) is 11.2. The average molecular weight is 317 g/mol. The van der Waals surface area contributed by atoms with Crippen LogP contribution in [0.25, 0.3) is 0 Å². The molecule has 0 radical (unpaired) electrons. The van der Waals surface area contributed by atoms with Crippen molar-refractivity contribution in [1.82, 2.24) is 4.98 Å². The van der Waals surface area contributed by atoms with Gasteiger partial charge in [0.1, 0.15) is 9.39 Å². The van der Waals surface area contributed by atoms with Gasteiger partial charge in [-0.2, -0.15) is 13.2 Å². The lowest BCUT2D eigenvalue weighted by Crippen LogP contribution is -2.11. The highest BCUT2D eigenvalue weighted by atomic mass is 127. The Bertz CT molecular complexity index is 378. The van der Waals surface area contributed by atoms with Crippen LogP contribution in [0.4, 0.5) is 13.2 Å². The standard InChI is InChI=1S/C7H3F3INO2/c8-7(9,10)3-1-2-4(6(13)14)12-5(3)11/h1-2H,(H,13,14). The highest BCUT2D eigenvalue weighted by Crippen LogP contribution is 2.31. The smallest absolute Gasteiger partial charge is 0.418 e. The molecule has 0 spiro atoms. The van der Waals surface area contributed by atoms with E-state index in [4.69, 9.17) is 5.11 Å². The predicted molar refractivity (Wildman–Crippen MR) is 48.9 cm³/mol. The Labute approximate surface area is 90.1 Å². The van der Waals surface area contributed by atoms with Crippen molar-refractivity contribution < 1.29 is 23.1 Å². The summed E-state index contributed by atoms with van der Waals surface area (Å²) in [6.07, 6.45) is -4.50. The number of nitrogens with zero attached hydrogens (tertiary/aromatic N) is 1. The fourth-order valence-corrected chi connectivity index (χ4v) is 1.51. The molecule has 0 amide bonds. The molecular weight excluding hydrogens is 314 g/mol. The fraction of sp³-hybridized carbons (Fsp3) is 0.143. The number of rotatable bonds is 1. The van der Waals surface area contributed by atoms with E-state index < -0.39 is 23.4 Å². The number of carboxylic acids is 1. The quantitative estimate of drug-likeness (QED) is 0.639. The van der Waals surface area contributed by atoms with E-state index in [1.165, 1.54) is 22.6 Å². The number of carbonyl (C=O) groups is 1. The monoisotopic (exact) mass is 317 g/mol. The van der Waals surface area contributed by atoms with E-state index in [0.717, 1.165) is 6.07 Å². The number of pyridine rings is 1. The molecule has 0 aliphatic heterocycles. The summed E-state index contributed by atoms with van der Waals surface area (Å²) in [6, 6.07) is 1.53. The Morgan fingerprint density at radius 2 is 2.00 bits per heavy atom. The number of hydrogen-bond donors (Lipinski definition) is 1. The molecular formula is C7H3F3INO2. The van der Waals surface area contributed by atoms with Crippen molar-refractivity contribution in [2.75, 3.05) is 0 Å². The molecule has 1 aromatic heterocycles. The van der Waals surface area contributed by atoms with Gasteiger partial charge >= 0.3 is 12.1 Å². The number of carboxylic acid groups (broad SMARTS) is 1. The normalized spacial score (nSPS) is 11.4. The summed E-state index contributed by atoms with van der Waals surface area (Å²) in [5.74, 6) is -1.35. The van der Waals surface area contributed by atoms with E-state index in [1.807, 2.05) is 0 Å². The van der Waals surface area contributed by atoms with E-state index in [9.17, 15) is 18.0 Å². The van der Waals surface area contributed by atoms with Crippen molar-refractivity contribution >= 4 is 28.6 Å². The van der Waals surface area contributed by atoms with E-state index in [-0.39, 0.29) is 3.70 Å². The molecule has 76 valence electrons. The maximum atomic E-state index is 12.2. The highest BCUT2D eigenvalue weighted by Gasteiger charge is 2.33. The zero-order valence-corrected chi connectivity index (χ0v) is 8.63. The molecule has 1 heterocycles. The predicted octanol–water partition coefficient (Wildman–Crippen LogP) is 2.40. The lowest BCUT2D eigenvalue weighted by Gasteiger charge is -2.07. The Kier molecular flexibility index (Phi) is 2.98. The van der Waals surface area contributed by atoms with Gasteiger partial charge in [-0.05, 0) is 34.7 Å². The summed E-state index contributed by atoms with van der Waals surface area (Å²) in [5.41, 5.74) is -1.33. The molecule has 14 heavy (non-hydrogen) atoms. The molecule has 1 rings (SSSR count). The lowest BCUT2D eigenvalue weighted by atomic mass is 10.2. The van der Waals surface area contributed by atoms with Crippen LogP contribution < -0.4 is 0 Å². The Morgan fingerprint density at radius 1 is 1.43 bits per heavy atom. The largest absolute Gasteiger partial charge is 0.477 e. The molecule has 1 N–H and O–H groups in total. The number of halogens is 4. The van der Waals surface area contributed by atoms with Crippen molar-refractivity contribution in [3.8, 4) is 0 Å². The molecule has 0 aromatic carbocycles. The van der Waals surface area contributed by atoms with Gasteiger partial charge in [-0.25, -0.2) is 9.78 Å². The number of aromatic nitrogens is 1. The maximum Gasteiger partial charge on any atom is 0.418 e. The molecule has 0 unspecified atom stereocenters. The zero-order chi connectivity index (χ0) is 10.9. The minimum Gasteiger partial charge on any atom is -0.477 e. The summed E-state index contributed by atoms with van der Waals surface area (Å²) in [6.45, 7) is 0. The minimum absolute atomic E-state index is 0.366. The minimum atomic E-state index is -4.50. The fourth-order valence-electron chi connectivity index (χ4n) is 0.765. The second-order valence-electron chi connectivity index (χ2n) is 2.34. The third-order valence-electron chi connectivity index (χ3n) is 1.37. The molecule has 0 bridgehead atoms. The summed E-state index contributed by atoms with van der Waals surface area (Å²) in [7, 11) is 0. The zero-order valence-electron chi connectivity index (χ0n) is 6.47. The van der Waals surface area contributed by atoms with Crippen molar-refractivity contribution in [2.45, 2.75) is 6.18 Å². The molecule has 3 nitrogen and oxygen atoms in total. The van der Waals surface area contributed by atoms with E-state index in [0.29, 0.717) is 6.07 Å². The number of aromatic carboxylic acids is 1. The third kappa shape index (κ3) is 2.34. The number of hydrogen-bond acceptors (Lipinski definition) is 2. The van der Waals surface area contributed by atoms with Gasteiger partial charge in [0.2, 0.25) is 0 Å². The molecule has 0 saturated carbocycles. The maximum absolute atomic E-state index is 12.2. The van der Waals surface area contributed by atoms with Crippen LogP contribution in [0.3, 0.4) is 0 Å². The van der Waals surface area contributed by atoms with Crippen LogP contribution in [-0.4, -0.2) is 16.1 Å². The van der Waals surface area contributed by atoms with Crippen LogP contribution in [0.15, 0.2) is 12.1 Å². The first-order chi connectivity index (χ1) is 6.32. The van der Waals surface area contributed by atoms with Gasteiger partial charge in [0.05, 0.1) is 5.56 Å². The van der Waals surface area contributed by atoms with Crippen LogP contribution in [0.5, 0.6) is 0 Å². The van der Waals surface area contributed by atoms with Gasteiger partial charge in [-0.3, -0.25) is 0 Å². The van der Waals surface area contributed by atoms with Crippen LogP contribution in [0.1, 0.15) is 16.1 Å². The highest BCUT2D eigenvalue weighted by molar-refractivity contribution is 14.1. The van der Waals surface area contributed by atoms with Gasteiger partial charge in [0.15, 0.2) is 0 Å². The second-order valence-corrected chi connectivity index (χ2v) is 3.36. The summed E-state index contributed by atoms with van der Waals surface area (Å²) < 4.78 is 36.2. The van der Waals surface area contributed by atoms with E-state index in [1.54, 1.807) is 0 Å². The van der Waals surface area contributed by atoms with Crippen LogP contribution >= 0.6 is 22.6 Å². The van der Waals surface area contributed by atoms with Gasteiger partial charge in [-0.15, -0.1) is 0 Å².